The maximum Gasteiger partial charge on any atom is 0.103 e. The van der Waals surface area contributed by atoms with E-state index < -0.39 is 0 Å². The smallest absolute Gasteiger partial charge is 0.103 e. The fourth-order valence-electron chi connectivity index (χ4n) is 2.60. The van der Waals surface area contributed by atoms with Crippen molar-refractivity contribution in [3.63, 3.8) is 0 Å². The molecule has 2 rings (SSSR count). The van der Waals surface area contributed by atoms with E-state index in [0.29, 0.717) is 0 Å². The van der Waals surface area contributed by atoms with Crippen molar-refractivity contribution < 1.29 is 9.22 Å². The van der Waals surface area contributed by atoms with Gasteiger partial charge in [-0.3, -0.25) is 4.90 Å². The van der Waals surface area contributed by atoms with E-state index >= 15 is 0 Å². The third-order valence-electron chi connectivity index (χ3n) is 3.87. The van der Waals surface area contributed by atoms with Crippen molar-refractivity contribution >= 4 is 0 Å². The highest BCUT2D eigenvalue weighted by atomic mass is 16.5. The first-order valence-corrected chi connectivity index (χ1v) is 5.89. The van der Waals surface area contributed by atoms with E-state index in [2.05, 4.69) is 18.7 Å². The van der Waals surface area contributed by atoms with Crippen molar-refractivity contribution in [1.29, 1.82) is 0 Å². The molecule has 0 atom stereocenters. The lowest BCUT2D eigenvalue weighted by atomic mass is 10.2. The highest BCUT2D eigenvalue weighted by Crippen LogP contribution is 2.17. The van der Waals surface area contributed by atoms with Gasteiger partial charge in [-0.05, 0) is 13.8 Å². The van der Waals surface area contributed by atoms with Gasteiger partial charge in [-0.1, -0.05) is 0 Å². The number of morpholine rings is 1. The summed E-state index contributed by atoms with van der Waals surface area (Å²) in [6.45, 7) is 14.3. The molecular weight excluding hydrogens is 176 g/mol. The zero-order valence-corrected chi connectivity index (χ0v) is 9.54. The number of hydrogen-bond donors (Lipinski definition) is 0. The van der Waals surface area contributed by atoms with E-state index in [0.717, 1.165) is 19.3 Å². The molecule has 2 aliphatic rings. The number of rotatable bonds is 1. The van der Waals surface area contributed by atoms with Crippen molar-refractivity contribution in [1.82, 2.24) is 4.90 Å². The van der Waals surface area contributed by atoms with Crippen LogP contribution in [0.5, 0.6) is 0 Å². The van der Waals surface area contributed by atoms with Crippen LogP contribution in [0.25, 0.3) is 0 Å². The van der Waals surface area contributed by atoms with Crippen LogP contribution in [-0.4, -0.2) is 67.9 Å². The second kappa shape index (κ2) is 4.17. The zero-order chi connectivity index (χ0) is 10.0. The Balaban J connectivity index is 1.87. The molecule has 0 amide bonds. The summed E-state index contributed by atoms with van der Waals surface area (Å²) in [5.41, 5.74) is 0. The predicted molar refractivity (Wildman–Crippen MR) is 57.3 cm³/mol. The molecule has 0 unspecified atom stereocenters. The fourth-order valence-corrected chi connectivity index (χ4v) is 2.60. The largest absolute Gasteiger partial charge is 0.370 e. The van der Waals surface area contributed by atoms with Crippen LogP contribution in [0, 0.1) is 0 Å². The molecule has 0 bridgehead atoms. The van der Waals surface area contributed by atoms with Crippen molar-refractivity contribution in [3.05, 3.63) is 0 Å². The first-order chi connectivity index (χ1) is 6.72. The number of ether oxygens (including phenoxy) is 1. The molecule has 0 aromatic rings. The van der Waals surface area contributed by atoms with Crippen molar-refractivity contribution in [2.75, 3.05) is 52.5 Å². The van der Waals surface area contributed by atoms with Crippen LogP contribution < -0.4 is 0 Å². The molecule has 0 aliphatic carbocycles. The van der Waals surface area contributed by atoms with Crippen LogP contribution in [0.4, 0.5) is 0 Å². The van der Waals surface area contributed by atoms with Crippen LogP contribution in [0.3, 0.4) is 0 Å². The number of piperazine rings is 1. The Bertz CT molecular complexity index is 178. The SMILES string of the molecule is CC(C)N1CC[N+]2(CCOCC2)CC1. The van der Waals surface area contributed by atoms with Gasteiger partial charge in [-0.2, -0.15) is 0 Å². The minimum absolute atomic E-state index is 0.719. The predicted octanol–water partition coefficient (Wildman–Crippen LogP) is 0.557. The van der Waals surface area contributed by atoms with E-state index in [-0.39, 0.29) is 0 Å². The lowest BCUT2D eigenvalue weighted by molar-refractivity contribution is -0.939. The monoisotopic (exact) mass is 199 g/mol. The van der Waals surface area contributed by atoms with Gasteiger partial charge in [0.25, 0.3) is 0 Å². The Morgan fingerprint density at radius 2 is 1.57 bits per heavy atom. The van der Waals surface area contributed by atoms with E-state index in [1.165, 1.54) is 43.8 Å². The summed E-state index contributed by atoms with van der Waals surface area (Å²) in [6.07, 6.45) is 0. The van der Waals surface area contributed by atoms with Crippen LogP contribution >= 0.6 is 0 Å². The third kappa shape index (κ3) is 2.10. The highest BCUT2D eigenvalue weighted by Gasteiger charge is 2.34. The van der Waals surface area contributed by atoms with Gasteiger partial charge in [0.2, 0.25) is 0 Å². The molecule has 0 N–H and O–H groups in total. The molecule has 3 heteroatoms. The summed E-state index contributed by atoms with van der Waals surface area (Å²) in [5, 5.41) is 0. The Labute approximate surface area is 87.2 Å². The topological polar surface area (TPSA) is 12.5 Å². The van der Waals surface area contributed by atoms with E-state index in [4.69, 9.17) is 4.74 Å². The number of nitrogens with zero attached hydrogens (tertiary/aromatic N) is 2. The van der Waals surface area contributed by atoms with Crippen LogP contribution in [0.15, 0.2) is 0 Å². The summed E-state index contributed by atoms with van der Waals surface area (Å²) in [4.78, 5) is 2.60. The fraction of sp³-hybridized carbons (Fsp3) is 1.00. The molecule has 2 heterocycles. The highest BCUT2D eigenvalue weighted by molar-refractivity contribution is 4.68. The zero-order valence-electron chi connectivity index (χ0n) is 9.54. The number of quaternary nitrogens is 1. The van der Waals surface area contributed by atoms with Gasteiger partial charge in [-0.15, -0.1) is 0 Å². The molecule has 2 fully saturated rings. The second-order valence-electron chi connectivity index (χ2n) is 4.98. The quantitative estimate of drug-likeness (QED) is 0.572. The molecule has 1 spiro atoms. The second-order valence-corrected chi connectivity index (χ2v) is 4.98. The lowest BCUT2D eigenvalue weighted by Gasteiger charge is -2.47. The molecule has 0 radical (unpaired) electrons. The summed E-state index contributed by atoms with van der Waals surface area (Å²) >= 11 is 0. The minimum Gasteiger partial charge on any atom is -0.370 e. The van der Waals surface area contributed by atoms with Gasteiger partial charge in [0, 0.05) is 19.1 Å². The molecule has 14 heavy (non-hydrogen) atoms. The van der Waals surface area contributed by atoms with Crippen LogP contribution in [0.2, 0.25) is 0 Å². The first kappa shape index (κ1) is 10.4. The standard InChI is InChI=1S/C11H23N2O/c1-11(2)12-3-5-13(6-4-12)7-9-14-10-8-13/h11H,3-10H2,1-2H3/q+1. The van der Waals surface area contributed by atoms with Gasteiger partial charge in [0.1, 0.15) is 13.1 Å². The normalized spacial score (nSPS) is 28.5. The van der Waals surface area contributed by atoms with Gasteiger partial charge in [0.05, 0.1) is 26.3 Å². The molecule has 82 valence electrons. The summed E-state index contributed by atoms with van der Waals surface area (Å²) in [5.74, 6) is 0. The van der Waals surface area contributed by atoms with Gasteiger partial charge in [-0.25, -0.2) is 0 Å². The third-order valence-corrected chi connectivity index (χ3v) is 3.87. The summed E-state index contributed by atoms with van der Waals surface area (Å²) in [6, 6.07) is 0.719. The van der Waals surface area contributed by atoms with Crippen molar-refractivity contribution in [2.45, 2.75) is 19.9 Å². The maximum absolute atomic E-state index is 5.44. The first-order valence-electron chi connectivity index (χ1n) is 5.89. The Morgan fingerprint density at radius 3 is 2.07 bits per heavy atom. The molecule has 2 saturated heterocycles. The van der Waals surface area contributed by atoms with Crippen LogP contribution in [-0.2, 0) is 4.74 Å². The molecule has 0 saturated carbocycles. The van der Waals surface area contributed by atoms with Gasteiger partial charge in [0.15, 0.2) is 0 Å². The number of hydrogen-bond acceptors (Lipinski definition) is 2. The molecule has 3 nitrogen and oxygen atoms in total. The molecule has 2 aliphatic heterocycles. The Morgan fingerprint density at radius 1 is 1.00 bits per heavy atom. The van der Waals surface area contributed by atoms with E-state index in [1.54, 1.807) is 0 Å². The molecule has 0 aromatic heterocycles. The lowest BCUT2D eigenvalue weighted by Crippen LogP contribution is -2.64. The minimum atomic E-state index is 0.719. The Hall–Kier alpha value is -0.120. The Kier molecular flexibility index (Phi) is 3.10. The molecular formula is C11H23N2O+. The molecule has 0 aromatic carbocycles. The van der Waals surface area contributed by atoms with E-state index in [1.807, 2.05) is 0 Å². The van der Waals surface area contributed by atoms with Gasteiger partial charge < -0.3 is 9.22 Å². The average Bonchev–Trinajstić information content (AvgIpc) is 2.19. The van der Waals surface area contributed by atoms with Gasteiger partial charge >= 0.3 is 0 Å². The summed E-state index contributed by atoms with van der Waals surface area (Å²) < 4.78 is 6.76. The van der Waals surface area contributed by atoms with E-state index in [9.17, 15) is 0 Å². The average molecular weight is 199 g/mol. The maximum atomic E-state index is 5.44. The summed E-state index contributed by atoms with van der Waals surface area (Å²) in [7, 11) is 0. The van der Waals surface area contributed by atoms with Crippen LogP contribution in [0.1, 0.15) is 13.8 Å². The van der Waals surface area contributed by atoms with Crippen molar-refractivity contribution in [2.24, 2.45) is 0 Å². The van der Waals surface area contributed by atoms with Crippen molar-refractivity contribution in [3.8, 4) is 0 Å².